The molecule has 36 heavy (non-hydrogen) atoms. The van der Waals surface area contributed by atoms with Gasteiger partial charge in [0, 0.05) is 29.3 Å². The molecule has 1 aromatic heterocycles. The Labute approximate surface area is 210 Å². The minimum Gasteiger partial charge on any atom is -0.496 e. The van der Waals surface area contributed by atoms with Gasteiger partial charge in [-0.25, -0.2) is 14.4 Å². The maximum Gasteiger partial charge on any atom is 0.227 e. The van der Waals surface area contributed by atoms with E-state index in [1.54, 1.807) is 14.0 Å². The summed E-state index contributed by atoms with van der Waals surface area (Å²) in [6, 6.07) is 8.93. The molecule has 0 aliphatic carbocycles. The number of carbonyl (C=O) groups is 1. The Morgan fingerprint density at radius 3 is 2.47 bits per heavy atom. The van der Waals surface area contributed by atoms with Crippen molar-refractivity contribution >= 4 is 17.4 Å². The Morgan fingerprint density at radius 1 is 1.08 bits per heavy atom. The van der Waals surface area contributed by atoms with Crippen LogP contribution in [-0.2, 0) is 6.61 Å². The quantitative estimate of drug-likeness (QED) is 0.380. The number of nitrogens with zero attached hydrogens (tertiary/aromatic N) is 2. The highest BCUT2D eigenvalue weighted by Crippen LogP contribution is 2.35. The summed E-state index contributed by atoms with van der Waals surface area (Å²) in [6.45, 7) is 3.68. The molecule has 0 atom stereocenters. The molecule has 1 aliphatic heterocycles. The number of ether oxygens (including phenoxy) is 3. The van der Waals surface area contributed by atoms with Gasteiger partial charge in [-0.2, -0.15) is 0 Å². The number of ketones is 1. The fourth-order valence-corrected chi connectivity index (χ4v) is 4.28. The minimum atomic E-state index is -0.564. The number of piperidine rings is 1. The molecule has 2 heterocycles. The van der Waals surface area contributed by atoms with Gasteiger partial charge in [0.1, 0.15) is 12.4 Å². The zero-order valence-electron chi connectivity index (χ0n) is 20.8. The molecule has 8 nitrogen and oxygen atoms in total. The number of anilines is 2. The van der Waals surface area contributed by atoms with Gasteiger partial charge in [0.15, 0.2) is 23.1 Å². The molecule has 3 aromatic rings. The highest BCUT2D eigenvalue weighted by atomic mass is 19.1. The molecule has 9 heteroatoms. The molecule has 1 saturated heterocycles. The molecule has 0 bridgehead atoms. The number of halogens is 1. The third kappa shape index (κ3) is 5.91. The van der Waals surface area contributed by atoms with E-state index in [4.69, 9.17) is 14.2 Å². The second-order valence-electron chi connectivity index (χ2n) is 8.57. The SMILES string of the molecule is CCC(=O)c1cc(COc2cnc(Nc3ccc(C4CCNCC4)c(OC)c3)nc2)c(F)c(OC)c1. The molecule has 2 N–H and O–H groups in total. The number of methoxy groups -OCH3 is 2. The molecule has 2 aromatic carbocycles. The first-order chi connectivity index (χ1) is 17.5. The van der Waals surface area contributed by atoms with E-state index >= 15 is 0 Å². The van der Waals surface area contributed by atoms with Gasteiger partial charge in [-0.15, -0.1) is 0 Å². The van der Waals surface area contributed by atoms with E-state index < -0.39 is 5.82 Å². The van der Waals surface area contributed by atoms with E-state index in [0.717, 1.165) is 37.4 Å². The second-order valence-corrected chi connectivity index (χ2v) is 8.57. The third-order valence-corrected chi connectivity index (χ3v) is 6.27. The molecular weight excluding hydrogens is 463 g/mol. The normalized spacial score (nSPS) is 13.8. The van der Waals surface area contributed by atoms with Crippen molar-refractivity contribution in [3.63, 3.8) is 0 Å². The number of benzene rings is 2. The van der Waals surface area contributed by atoms with Crippen molar-refractivity contribution in [3.8, 4) is 17.2 Å². The maximum atomic E-state index is 14.7. The third-order valence-electron chi connectivity index (χ3n) is 6.27. The van der Waals surface area contributed by atoms with E-state index in [9.17, 15) is 9.18 Å². The van der Waals surface area contributed by atoms with Crippen molar-refractivity contribution < 1.29 is 23.4 Å². The standard InChI is InChI=1S/C27H31FN4O4/c1-4-23(33)18-11-19(26(28)25(12-18)35-3)16-36-21-14-30-27(31-15-21)32-20-5-6-22(24(13-20)34-2)17-7-9-29-10-8-17/h5-6,11-15,17,29H,4,7-10,16H2,1-3H3,(H,30,31,32). The summed E-state index contributed by atoms with van der Waals surface area (Å²) in [5.41, 5.74) is 2.62. The van der Waals surface area contributed by atoms with Crippen LogP contribution in [0.15, 0.2) is 42.7 Å². The lowest BCUT2D eigenvalue weighted by Crippen LogP contribution is -2.26. The van der Waals surface area contributed by atoms with Gasteiger partial charge < -0.3 is 24.8 Å². The Bertz CT molecular complexity index is 1200. The van der Waals surface area contributed by atoms with Crippen LogP contribution >= 0.6 is 0 Å². The number of Topliss-reactive ketones (excluding diaryl/α,β-unsaturated/α-hetero) is 1. The lowest BCUT2D eigenvalue weighted by molar-refractivity contribution is 0.0987. The van der Waals surface area contributed by atoms with Gasteiger partial charge in [-0.05, 0) is 55.6 Å². The molecule has 0 unspecified atom stereocenters. The van der Waals surface area contributed by atoms with Crippen molar-refractivity contribution in [3.05, 3.63) is 65.2 Å². The summed E-state index contributed by atoms with van der Waals surface area (Å²) < 4.78 is 31.1. The van der Waals surface area contributed by atoms with Crippen LogP contribution in [0.25, 0.3) is 0 Å². The van der Waals surface area contributed by atoms with Gasteiger partial charge >= 0.3 is 0 Å². The summed E-state index contributed by atoms with van der Waals surface area (Å²) in [6.07, 6.45) is 5.50. The Hall–Kier alpha value is -3.72. The van der Waals surface area contributed by atoms with Crippen LogP contribution in [0.5, 0.6) is 17.2 Å². The number of hydrogen-bond acceptors (Lipinski definition) is 8. The van der Waals surface area contributed by atoms with E-state index in [2.05, 4.69) is 26.7 Å². The van der Waals surface area contributed by atoms with Crippen LogP contribution < -0.4 is 24.8 Å². The number of rotatable bonds is 10. The van der Waals surface area contributed by atoms with Gasteiger partial charge in [0.05, 0.1) is 26.6 Å². The van der Waals surface area contributed by atoms with E-state index in [0.29, 0.717) is 29.6 Å². The predicted molar refractivity (Wildman–Crippen MR) is 135 cm³/mol. The van der Waals surface area contributed by atoms with Gasteiger partial charge in [-0.1, -0.05) is 13.0 Å². The van der Waals surface area contributed by atoms with Crippen molar-refractivity contribution in [2.24, 2.45) is 0 Å². The molecule has 1 aliphatic rings. The fourth-order valence-electron chi connectivity index (χ4n) is 4.28. The monoisotopic (exact) mass is 494 g/mol. The van der Waals surface area contributed by atoms with Crippen LogP contribution in [-0.4, -0.2) is 43.1 Å². The Kier molecular flexibility index (Phi) is 8.32. The lowest BCUT2D eigenvalue weighted by atomic mass is 9.89. The molecule has 0 radical (unpaired) electrons. The number of hydrogen-bond donors (Lipinski definition) is 2. The van der Waals surface area contributed by atoms with Crippen LogP contribution in [0, 0.1) is 5.82 Å². The smallest absolute Gasteiger partial charge is 0.227 e. The van der Waals surface area contributed by atoms with Crippen LogP contribution in [0.1, 0.15) is 53.6 Å². The molecule has 190 valence electrons. The number of nitrogens with one attached hydrogen (secondary N) is 2. The Morgan fingerprint density at radius 2 is 1.81 bits per heavy atom. The molecule has 0 spiro atoms. The first-order valence-corrected chi connectivity index (χ1v) is 12.0. The molecule has 0 saturated carbocycles. The van der Waals surface area contributed by atoms with Crippen molar-refractivity contribution in [1.29, 1.82) is 0 Å². The lowest BCUT2D eigenvalue weighted by Gasteiger charge is -2.25. The zero-order valence-corrected chi connectivity index (χ0v) is 20.8. The van der Waals surface area contributed by atoms with E-state index in [1.165, 1.54) is 37.2 Å². The van der Waals surface area contributed by atoms with E-state index in [1.807, 2.05) is 12.1 Å². The molecular formula is C27H31FN4O4. The summed E-state index contributed by atoms with van der Waals surface area (Å²) in [7, 11) is 3.04. The molecule has 0 amide bonds. The zero-order chi connectivity index (χ0) is 25.5. The first kappa shape index (κ1) is 25.4. The van der Waals surface area contributed by atoms with Gasteiger partial charge in [0.25, 0.3) is 0 Å². The largest absolute Gasteiger partial charge is 0.496 e. The molecule has 1 fully saturated rings. The van der Waals surface area contributed by atoms with Crippen LogP contribution in [0.2, 0.25) is 0 Å². The Balaban J connectivity index is 1.42. The van der Waals surface area contributed by atoms with Crippen molar-refractivity contribution in [1.82, 2.24) is 15.3 Å². The van der Waals surface area contributed by atoms with E-state index in [-0.39, 0.29) is 23.7 Å². The average Bonchev–Trinajstić information content (AvgIpc) is 2.93. The maximum absolute atomic E-state index is 14.7. The minimum absolute atomic E-state index is 0.00491. The predicted octanol–water partition coefficient (Wildman–Crippen LogP) is 5.02. The number of aromatic nitrogens is 2. The fraction of sp³-hybridized carbons (Fsp3) is 0.370. The van der Waals surface area contributed by atoms with Crippen LogP contribution in [0.3, 0.4) is 0 Å². The van der Waals surface area contributed by atoms with Crippen LogP contribution in [0.4, 0.5) is 16.0 Å². The topological polar surface area (TPSA) is 94.6 Å². The first-order valence-electron chi connectivity index (χ1n) is 12.0. The highest BCUT2D eigenvalue weighted by Gasteiger charge is 2.19. The highest BCUT2D eigenvalue weighted by molar-refractivity contribution is 5.96. The summed E-state index contributed by atoms with van der Waals surface area (Å²) in [5.74, 6) is 1.42. The van der Waals surface area contributed by atoms with Gasteiger partial charge in [-0.3, -0.25) is 4.79 Å². The molecule has 4 rings (SSSR count). The van der Waals surface area contributed by atoms with Gasteiger partial charge in [0.2, 0.25) is 5.95 Å². The van der Waals surface area contributed by atoms with Crippen molar-refractivity contribution in [2.45, 2.75) is 38.7 Å². The number of carbonyl (C=O) groups excluding carboxylic acids is 1. The van der Waals surface area contributed by atoms with Crippen molar-refractivity contribution in [2.75, 3.05) is 32.6 Å². The summed E-state index contributed by atoms with van der Waals surface area (Å²) >= 11 is 0. The average molecular weight is 495 g/mol. The summed E-state index contributed by atoms with van der Waals surface area (Å²) in [5, 5.41) is 6.56. The summed E-state index contributed by atoms with van der Waals surface area (Å²) in [4.78, 5) is 20.7. The second kappa shape index (κ2) is 11.8.